The number of amides is 2. The van der Waals surface area contributed by atoms with Crippen molar-refractivity contribution >= 4 is 11.8 Å². The number of nitrogens with one attached hydrogen (secondary N) is 1. The molecule has 2 amide bonds. The van der Waals surface area contributed by atoms with Gasteiger partial charge in [0.15, 0.2) is 0 Å². The molecule has 5 heteroatoms. The largest absolute Gasteiger partial charge is 0.356 e. The second kappa shape index (κ2) is 9.55. The molecule has 1 aromatic rings. The molecule has 2 aliphatic rings. The van der Waals surface area contributed by atoms with Crippen LogP contribution in [-0.2, 0) is 9.59 Å². The van der Waals surface area contributed by atoms with Gasteiger partial charge >= 0.3 is 0 Å². The zero-order valence-electron chi connectivity index (χ0n) is 17.5. The van der Waals surface area contributed by atoms with E-state index in [9.17, 15) is 9.59 Å². The van der Waals surface area contributed by atoms with E-state index in [2.05, 4.69) is 47.5 Å². The fourth-order valence-electron chi connectivity index (χ4n) is 4.95. The lowest BCUT2D eigenvalue weighted by molar-refractivity contribution is -0.134. The van der Waals surface area contributed by atoms with Crippen LogP contribution in [0.15, 0.2) is 30.3 Å². The Bertz CT molecular complexity index is 653. The Labute approximate surface area is 169 Å². The highest BCUT2D eigenvalue weighted by atomic mass is 16.2. The summed E-state index contributed by atoms with van der Waals surface area (Å²) in [5, 5.41) is 2.77. The second-order valence-electron chi connectivity index (χ2n) is 8.61. The zero-order chi connectivity index (χ0) is 20.0. The summed E-state index contributed by atoms with van der Waals surface area (Å²) in [4.78, 5) is 28.1. The molecule has 1 aromatic carbocycles. The van der Waals surface area contributed by atoms with Crippen molar-refractivity contribution in [3.63, 3.8) is 0 Å². The van der Waals surface area contributed by atoms with Crippen LogP contribution >= 0.6 is 0 Å². The predicted molar refractivity (Wildman–Crippen MR) is 112 cm³/mol. The van der Waals surface area contributed by atoms with Crippen LogP contribution < -0.4 is 5.32 Å². The first-order chi connectivity index (χ1) is 13.5. The smallest absolute Gasteiger partial charge is 0.222 e. The molecular weight excluding hydrogens is 350 g/mol. The summed E-state index contributed by atoms with van der Waals surface area (Å²) in [7, 11) is 0. The highest BCUT2D eigenvalue weighted by molar-refractivity contribution is 5.76. The number of benzene rings is 1. The van der Waals surface area contributed by atoms with Crippen LogP contribution in [0.2, 0.25) is 0 Å². The van der Waals surface area contributed by atoms with Crippen molar-refractivity contribution in [3.05, 3.63) is 35.9 Å². The second-order valence-corrected chi connectivity index (χ2v) is 8.61. The van der Waals surface area contributed by atoms with Gasteiger partial charge in [0.2, 0.25) is 11.8 Å². The minimum atomic E-state index is -0.0295. The number of likely N-dealkylation sites (tertiary alicyclic amines) is 2. The molecular formula is C23H35N3O2. The highest BCUT2D eigenvalue weighted by Crippen LogP contribution is 2.45. The first-order valence-corrected chi connectivity index (χ1v) is 10.8. The molecule has 2 saturated heterocycles. The number of nitrogens with zero attached hydrogens (tertiary/aromatic N) is 2. The van der Waals surface area contributed by atoms with Crippen molar-refractivity contribution in [1.82, 2.24) is 15.1 Å². The Kier molecular flexibility index (Phi) is 7.11. The number of likely N-dealkylation sites (N-methyl/N-ethyl adjacent to an activating group) is 1. The third-order valence-corrected chi connectivity index (χ3v) is 6.55. The van der Waals surface area contributed by atoms with Gasteiger partial charge in [-0.2, -0.15) is 0 Å². The van der Waals surface area contributed by atoms with Crippen LogP contribution in [-0.4, -0.2) is 60.9 Å². The summed E-state index contributed by atoms with van der Waals surface area (Å²) in [6.07, 6.45) is 4.69. The van der Waals surface area contributed by atoms with E-state index in [4.69, 9.17) is 0 Å². The maximum atomic E-state index is 12.5. The third-order valence-electron chi connectivity index (χ3n) is 6.55. The first kappa shape index (κ1) is 20.8. The van der Waals surface area contributed by atoms with Crippen LogP contribution in [0.3, 0.4) is 0 Å². The molecule has 154 valence electrons. The number of hydrogen-bond donors (Lipinski definition) is 1. The van der Waals surface area contributed by atoms with Crippen molar-refractivity contribution < 1.29 is 9.59 Å². The SMILES string of the molecule is CCN1C[C@H](c2ccccc2)CC2(CCN(C(=O)CCCNC(C)=O)CC2)C1. The maximum absolute atomic E-state index is 12.5. The molecule has 0 unspecified atom stereocenters. The van der Waals surface area contributed by atoms with Crippen molar-refractivity contribution in [3.8, 4) is 0 Å². The number of carbonyl (C=O) groups excluding carboxylic acids is 2. The lowest BCUT2D eigenvalue weighted by atomic mass is 9.68. The quantitative estimate of drug-likeness (QED) is 0.766. The number of rotatable bonds is 6. The Morgan fingerprint density at radius 3 is 2.54 bits per heavy atom. The maximum Gasteiger partial charge on any atom is 0.222 e. The molecule has 1 spiro atoms. The van der Waals surface area contributed by atoms with E-state index in [0.717, 1.165) is 52.0 Å². The monoisotopic (exact) mass is 385 g/mol. The van der Waals surface area contributed by atoms with Gasteiger partial charge in [0.1, 0.15) is 0 Å². The van der Waals surface area contributed by atoms with E-state index >= 15 is 0 Å². The van der Waals surface area contributed by atoms with E-state index in [-0.39, 0.29) is 11.8 Å². The molecule has 28 heavy (non-hydrogen) atoms. The van der Waals surface area contributed by atoms with Crippen LogP contribution in [0.1, 0.15) is 57.4 Å². The molecule has 0 aromatic heterocycles. The molecule has 2 heterocycles. The average molecular weight is 386 g/mol. The van der Waals surface area contributed by atoms with Crippen LogP contribution in [0.4, 0.5) is 0 Å². The molecule has 1 atom stereocenters. The highest BCUT2D eigenvalue weighted by Gasteiger charge is 2.42. The lowest BCUT2D eigenvalue weighted by Crippen LogP contribution is -2.52. The van der Waals surface area contributed by atoms with E-state index in [1.807, 2.05) is 4.90 Å². The summed E-state index contributed by atoms with van der Waals surface area (Å²) < 4.78 is 0. The van der Waals surface area contributed by atoms with Gasteiger partial charge in [0.25, 0.3) is 0 Å². The van der Waals surface area contributed by atoms with Gasteiger partial charge in [-0.15, -0.1) is 0 Å². The summed E-state index contributed by atoms with van der Waals surface area (Å²) in [6.45, 7) is 9.51. The van der Waals surface area contributed by atoms with Crippen LogP contribution in [0.5, 0.6) is 0 Å². The van der Waals surface area contributed by atoms with Gasteiger partial charge in [0.05, 0.1) is 0 Å². The fraction of sp³-hybridized carbons (Fsp3) is 0.652. The van der Waals surface area contributed by atoms with E-state index in [1.165, 1.54) is 18.9 Å². The van der Waals surface area contributed by atoms with E-state index < -0.39 is 0 Å². The first-order valence-electron chi connectivity index (χ1n) is 10.8. The Morgan fingerprint density at radius 2 is 1.89 bits per heavy atom. The third kappa shape index (κ3) is 5.34. The standard InChI is InChI=1S/C23H35N3O2/c1-3-25-17-21(20-8-5-4-6-9-20)16-23(18-25)11-14-26(15-12-23)22(28)10-7-13-24-19(2)27/h4-6,8-9,21H,3,7,10-18H2,1-2H3,(H,24,27)/t21-/m1/s1. The van der Waals surface area contributed by atoms with E-state index in [0.29, 0.717) is 24.3 Å². The zero-order valence-corrected chi connectivity index (χ0v) is 17.5. The van der Waals surface area contributed by atoms with Gasteiger partial charge in [-0.25, -0.2) is 0 Å². The molecule has 2 aliphatic heterocycles. The normalized spacial score (nSPS) is 22.2. The van der Waals surface area contributed by atoms with Crippen LogP contribution in [0.25, 0.3) is 0 Å². The van der Waals surface area contributed by atoms with Crippen molar-refractivity contribution in [2.75, 3.05) is 39.3 Å². The van der Waals surface area contributed by atoms with Gasteiger partial charge in [-0.3, -0.25) is 9.59 Å². The topological polar surface area (TPSA) is 52.6 Å². The Hall–Kier alpha value is -1.88. The molecule has 3 rings (SSSR count). The van der Waals surface area contributed by atoms with E-state index in [1.54, 1.807) is 0 Å². The fourth-order valence-corrected chi connectivity index (χ4v) is 4.95. The predicted octanol–water partition coefficient (Wildman–Crippen LogP) is 3.02. The Balaban J connectivity index is 1.55. The molecule has 2 fully saturated rings. The Morgan fingerprint density at radius 1 is 1.18 bits per heavy atom. The molecule has 0 saturated carbocycles. The van der Waals surface area contributed by atoms with Crippen molar-refractivity contribution in [2.24, 2.45) is 5.41 Å². The van der Waals surface area contributed by atoms with Gasteiger partial charge in [-0.05, 0) is 49.1 Å². The van der Waals surface area contributed by atoms with Crippen molar-refractivity contribution in [1.29, 1.82) is 0 Å². The van der Waals surface area contributed by atoms with Gasteiger partial charge < -0.3 is 15.1 Å². The molecule has 0 bridgehead atoms. The summed E-state index contributed by atoms with van der Waals surface area (Å²) in [5.74, 6) is 0.802. The minimum Gasteiger partial charge on any atom is -0.356 e. The molecule has 0 aliphatic carbocycles. The summed E-state index contributed by atoms with van der Waals surface area (Å²) in [5.41, 5.74) is 1.79. The molecule has 1 N–H and O–H groups in total. The number of carbonyl (C=O) groups is 2. The van der Waals surface area contributed by atoms with Crippen LogP contribution in [0, 0.1) is 5.41 Å². The molecule has 5 nitrogen and oxygen atoms in total. The van der Waals surface area contributed by atoms with Crippen molar-refractivity contribution in [2.45, 2.75) is 51.9 Å². The lowest BCUT2D eigenvalue weighted by Gasteiger charge is -2.50. The summed E-state index contributed by atoms with van der Waals surface area (Å²) in [6, 6.07) is 10.9. The van der Waals surface area contributed by atoms with Gasteiger partial charge in [0, 0.05) is 46.1 Å². The average Bonchev–Trinajstić information content (AvgIpc) is 2.71. The summed E-state index contributed by atoms with van der Waals surface area (Å²) >= 11 is 0. The van der Waals surface area contributed by atoms with Gasteiger partial charge in [-0.1, -0.05) is 37.3 Å². The number of piperidine rings is 2. The number of hydrogen-bond acceptors (Lipinski definition) is 3. The minimum absolute atomic E-state index is 0.0295. The molecule has 0 radical (unpaired) electrons.